The number of benzene rings is 2. The molecule has 0 saturated heterocycles. The number of carbonyl (C=O) groups excluding carboxylic acids is 1. The summed E-state index contributed by atoms with van der Waals surface area (Å²) >= 11 is 7.09. The van der Waals surface area contributed by atoms with Gasteiger partial charge in [-0.15, -0.1) is 10.2 Å². The Balaban J connectivity index is 1.75. The lowest BCUT2D eigenvalue weighted by molar-refractivity contribution is 0.100. The first-order chi connectivity index (χ1) is 15.9. The van der Waals surface area contributed by atoms with Gasteiger partial charge in [0.05, 0.1) is 18.2 Å². The molecule has 1 amide bonds. The van der Waals surface area contributed by atoms with Gasteiger partial charge < -0.3 is 15.2 Å². The number of carbonyl (C=O) groups is 1. The number of nitrogens with zero attached hydrogens (tertiary/aromatic N) is 3. The van der Waals surface area contributed by atoms with Gasteiger partial charge in [-0.3, -0.25) is 4.79 Å². The zero-order valence-electron chi connectivity index (χ0n) is 17.6. The summed E-state index contributed by atoms with van der Waals surface area (Å²) in [6.07, 6.45) is 0. The van der Waals surface area contributed by atoms with Crippen molar-refractivity contribution in [2.45, 2.75) is 13.5 Å². The first-order valence-corrected chi connectivity index (χ1v) is 10.9. The first kappa shape index (κ1) is 22.6. The van der Waals surface area contributed by atoms with Crippen molar-refractivity contribution in [1.29, 1.82) is 0 Å². The normalized spacial score (nSPS) is 10.8. The summed E-state index contributed by atoms with van der Waals surface area (Å²) in [7, 11) is 1.43. The van der Waals surface area contributed by atoms with Crippen molar-refractivity contribution in [2.24, 2.45) is 5.73 Å². The minimum atomic E-state index is -0.771. The van der Waals surface area contributed by atoms with Crippen LogP contribution in [0.4, 0.5) is 4.39 Å². The average Bonchev–Trinajstić information content (AvgIpc) is 3.26. The van der Waals surface area contributed by atoms with Crippen LogP contribution in [0.1, 0.15) is 21.1 Å². The van der Waals surface area contributed by atoms with Crippen molar-refractivity contribution in [3.63, 3.8) is 0 Å². The zero-order chi connectivity index (χ0) is 23.5. The van der Waals surface area contributed by atoms with Gasteiger partial charge in [0.25, 0.3) is 5.91 Å². The van der Waals surface area contributed by atoms with Gasteiger partial charge in [-0.25, -0.2) is 9.37 Å². The molecule has 0 aliphatic carbocycles. The van der Waals surface area contributed by atoms with Crippen LogP contribution in [-0.4, -0.2) is 28.2 Å². The number of rotatable bonds is 7. The van der Waals surface area contributed by atoms with Crippen molar-refractivity contribution >= 4 is 28.8 Å². The predicted molar refractivity (Wildman–Crippen MR) is 124 cm³/mol. The van der Waals surface area contributed by atoms with Gasteiger partial charge in [0.1, 0.15) is 29.6 Å². The molecule has 7 nitrogen and oxygen atoms in total. The average molecular weight is 485 g/mol. The van der Waals surface area contributed by atoms with Gasteiger partial charge in [0.2, 0.25) is 0 Å². The third-order valence-electron chi connectivity index (χ3n) is 4.70. The molecule has 0 atom stereocenters. The minimum Gasteiger partial charge on any atom is -0.496 e. The largest absolute Gasteiger partial charge is 0.496 e. The van der Waals surface area contributed by atoms with Gasteiger partial charge >= 0.3 is 0 Å². The molecular weight excluding hydrogens is 467 g/mol. The Morgan fingerprint density at radius 1 is 1.18 bits per heavy atom. The third-order valence-corrected chi connectivity index (χ3v) is 5.86. The Bertz CT molecular complexity index is 1330. The summed E-state index contributed by atoms with van der Waals surface area (Å²) in [5.41, 5.74) is 6.91. The Labute approximate surface area is 198 Å². The standard InChI is InChI=1S/C23H18ClFN4O3S/c1-12-10-15(19-16(25)4-3-5-17(19)31-2)20(22(26)30)21(27-12)23-29-28-18(33-23)11-32-14-8-6-13(24)7-9-14/h3-10H,11H2,1-2H3,(H2,26,30). The van der Waals surface area contributed by atoms with Gasteiger partial charge in [-0.1, -0.05) is 29.0 Å². The monoisotopic (exact) mass is 484 g/mol. The fourth-order valence-electron chi connectivity index (χ4n) is 3.29. The van der Waals surface area contributed by atoms with Crippen molar-refractivity contribution < 1.29 is 18.7 Å². The molecule has 4 aromatic rings. The van der Waals surface area contributed by atoms with Crippen molar-refractivity contribution in [3.05, 3.63) is 75.6 Å². The van der Waals surface area contributed by atoms with Gasteiger partial charge in [0.15, 0.2) is 10.0 Å². The topological polar surface area (TPSA) is 100 Å². The number of aryl methyl sites for hydroxylation is 1. The molecule has 2 heterocycles. The van der Waals surface area contributed by atoms with Gasteiger partial charge in [-0.05, 0) is 49.4 Å². The van der Waals surface area contributed by atoms with E-state index in [1.165, 1.54) is 30.6 Å². The molecule has 0 spiro atoms. The van der Waals surface area contributed by atoms with Crippen LogP contribution < -0.4 is 15.2 Å². The number of primary amides is 1. The predicted octanol–water partition coefficient (Wildman–Crippen LogP) is 5.05. The van der Waals surface area contributed by atoms with Crippen LogP contribution in [0.2, 0.25) is 5.02 Å². The lowest BCUT2D eigenvalue weighted by atomic mass is 9.96. The highest BCUT2D eigenvalue weighted by Gasteiger charge is 2.25. The second-order valence-corrected chi connectivity index (χ2v) is 8.46. The number of halogens is 2. The summed E-state index contributed by atoms with van der Waals surface area (Å²) in [5.74, 6) is -0.436. The maximum absolute atomic E-state index is 14.8. The first-order valence-electron chi connectivity index (χ1n) is 9.72. The molecule has 0 aliphatic rings. The number of methoxy groups -OCH3 is 1. The van der Waals surface area contributed by atoms with Crippen LogP contribution in [-0.2, 0) is 6.61 Å². The number of nitrogens with two attached hydrogens (primary N) is 1. The van der Waals surface area contributed by atoms with E-state index in [-0.39, 0.29) is 34.7 Å². The van der Waals surface area contributed by atoms with Crippen LogP contribution in [0.3, 0.4) is 0 Å². The van der Waals surface area contributed by atoms with E-state index in [9.17, 15) is 9.18 Å². The lowest BCUT2D eigenvalue weighted by Crippen LogP contribution is -2.16. The van der Waals surface area contributed by atoms with E-state index in [0.29, 0.717) is 26.5 Å². The maximum atomic E-state index is 14.8. The number of hydrogen-bond acceptors (Lipinski definition) is 7. The molecule has 0 bridgehead atoms. The number of pyridine rings is 1. The van der Waals surface area contributed by atoms with Crippen LogP contribution in [0.5, 0.6) is 11.5 Å². The highest BCUT2D eigenvalue weighted by atomic mass is 35.5. The summed E-state index contributed by atoms with van der Waals surface area (Å²) in [5, 5.41) is 9.83. The Hall–Kier alpha value is -3.56. The van der Waals surface area contributed by atoms with E-state index in [4.69, 9.17) is 26.8 Å². The van der Waals surface area contributed by atoms with Crippen LogP contribution in [0, 0.1) is 12.7 Å². The summed E-state index contributed by atoms with van der Waals surface area (Å²) in [6.45, 7) is 1.89. The van der Waals surface area contributed by atoms with Gasteiger partial charge in [0, 0.05) is 16.3 Å². The Morgan fingerprint density at radius 2 is 1.94 bits per heavy atom. The molecule has 0 unspecified atom stereocenters. The Morgan fingerprint density at radius 3 is 2.64 bits per heavy atom. The second-order valence-electron chi connectivity index (χ2n) is 6.96. The SMILES string of the molecule is COc1cccc(F)c1-c1cc(C)nc(-c2nnc(COc3ccc(Cl)cc3)s2)c1C(N)=O. The summed E-state index contributed by atoms with van der Waals surface area (Å²) in [6, 6.07) is 12.9. The fraction of sp³-hybridized carbons (Fsp3) is 0.130. The van der Waals surface area contributed by atoms with Crippen molar-refractivity contribution in [2.75, 3.05) is 7.11 Å². The molecule has 2 N–H and O–H groups in total. The Kier molecular flexibility index (Phi) is 6.52. The van der Waals surface area contributed by atoms with E-state index in [1.807, 2.05) is 0 Å². The van der Waals surface area contributed by atoms with E-state index < -0.39 is 11.7 Å². The molecule has 33 heavy (non-hydrogen) atoms. The van der Waals surface area contributed by atoms with Crippen molar-refractivity contribution in [1.82, 2.24) is 15.2 Å². The summed E-state index contributed by atoms with van der Waals surface area (Å²) in [4.78, 5) is 17.0. The smallest absolute Gasteiger partial charge is 0.251 e. The van der Waals surface area contributed by atoms with E-state index in [0.717, 1.165) is 0 Å². The quantitative estimate of drug-likeness (QED) is 0.393. The third kappa shape index (κ3) is 4.79. The summed E-state index contributed by atoms with van der Waals surface area (Å²) < 4.78 is 25.9. The van der Waals surface area contributed by atoms with Gasteiger partial charge in [-0.2, -0.15) is 0 Å². The number of hydrogen-bond donors (Lipinski definition) is 1. The van der Waals surface area contributed by atoms with E-state index in [1.54, 1.807) is 43.3 Å². The lowest BCUT2D eigenvalue weighted by Gasteiger charge is -2.15. The number of aromatic nitrogens is 3. The molecule has 2 aromatic carbocycles. The fourth-order valence-corrected chi connectivity index (χ4v) is 4.17. The van der Waals surface area contributed by atoms with Crippen LogP contribution in [0.25, 0.3) is 21.8 Å². The molecule has 4 rings (SSSR count). The molecule has 0 saturated carbocycles. The van der Waals surface area contributed by atoms with Crippen LogP contribution >= 0.6 is 22.9 Å². The van der Waals surface area contributed by atoms with Crippen molar-refractivity contribution in [3.8, 4) is 33.3 Å². The molecule has 168 valence electrons. The number of amides is 1. The minimum absolute atomic E-state index is 0.0327. The zero-order valence-corrected chi connectivity index (χ0v) is 19.2. The molecular formula is C23H18ClFN4O3S. The van der Waals surface area contributed by atoms with E-state index in [2.05, 4.69) is 15.2 Å². The highest BCUT2D eigenvalue weighted by molar-refractivity contribution is 7.14. The molecule has 0 aliphatic heterocycles. The highest BCUT2D eigenvalue weighted by Crippen LogP contribution is 2.39. The molecule has 10 heteroatoms. The second kappa shape index (κ2) is 9.51. The van der Waals surface area contributed by atoms with Crippen LogP contribution in [0.15, 0.2) is 48.5 Å². The number of ether oxygens (including phenoxy) is 2. The molecule has 0 radical (unpaired) electrons. The maximum Gasteiger partial charge on any atom is 0.251 e. The van der Waals surface area contributed by atoms with E-state index >= 15 is 0 Å². The molecule has 0 fully saturated rings. The molecule has 2 aromatic heterocycles.